The molecular weight excluding hydrogens is 377 g/mol. The Labute approximate surface area is 170 Å². The first-order valence-electron chi connectivity index (χ1n) is 10.1. The minimum absolute atomic E-state index is 0.199. The molecule has 2 aliphatic rings. The molecule has 2 aliphatic heterocycles. The Morgan fingerprint density at radius 1 is 1.21 bits per heavy atom. The Morgan fingerprint density at radius 3 is 2.62 bits per heavy atom. The summed E-state index contributed by atoms with van der Waals surface area (Å²) in [5.41, 5.74) is 1.05. The fraction of sp³-hybridized carbons (Fsp3) is 0.550. The number of hydrogen-bond donors (Lipinski definition) is 0. The molecule has 0 saturated carbocycles. The van der Waals surface area contributed by atoms with Crippen molar-refractivity contribution in [3.8, 4) is 5.75 Å². The number of carbonyl (C=O) groups excluding carboxylic acids is 2. The first-order valence-corrected chi connectivity index (χ1v) is 10.1. The summed E-state index contributed by atoms with van der Waals surface area (Å²) in [6.45, 7) is 3.15. The van der Waals surface area contributed by atoms with Gasteiger partial charge in [-0.15, -0.1) is 0 Å². The second-order valence-electron chi connectivity index (χ2n) is 7.14. The number of benzene rings is 1. The number of carbonyl (C=O) groups is 2. The van der Waals surface area contributed by atoms with Crippen LogP contribution in [0.3, 0.4) is 0 Å². The van der Waals surface area contributed by atoms with E-state index in [1.54, 1.807) is 12.1 Å². The van der Waals surface area contributed by atoms with Crippen molar-refractivity contribution < 1.29 is 33.0 Å². The Bertz CT molecular complexity index is 808. The Kier molecular flexibility index (Phi) is 6.47. The summed E-state index contributed by atoms with van der Waals surface area (Å²) in [6.07, 6.45) is 2.50. The molecule has 3 rings (SSSR count). The van der Waals surface area contributed by atoms with Crippen LogP contribution in [0, 0.1) is 5.92 Å². The quantitative estimate of drug-likeness (QED) is 0.374. The number of aliphatic imine (C=N–C) groups is 1. The zero-order valence-electron chi connectivity index (χ0n) is 17.3. The number of rotatable bonds is 8. The molecule has 0 spiro atoms. The van der Waals surface area contributed by atoms with Crippen molar-refractivity contribution >= 4 is 24.6 Å². The van der Waals surface area contributed by atoms with Gasteiger partial charge in [-0.05, 0) is 38.0 Å². The van der Waals surface area contributed by atoms with E-state index in [1.165, 1.54) is 7.11 Å². The van der Waals surface area contributed by atoms with E-state index in [4.69, 9.17) is 23.4 Å². The van der Waals surface area contributed by atoms with Gasteiger partial charge in [-0.3, -0.25) is 9.79 Å². The molecule has 2 atom stereocenters. The SMILES string of the molecule is CCC1=N[C@H]2Cc3cccc(C(=O)OCOC(=O)C(CC)CC)c3O[B-]2(OC)O1. The summed E-state index contributed by atoms with van der Waals surface area (Å²) >= 11 is 0. The minimum atomic E-state index is -2.16. The third kappa shape index (κ3) is 4.10. The van der Waals surface area contributed by atoms with Crippen LogP contribution < -0.4 is 4.65 Å². The van der Waals surface area contributed by atoms with Crippen LogP contribution in [-0.2, 0) is 30.0 Å². The van der Waals surface area contributed by atoms with Gasteiger partial charge in [0.25, 0.3) is 0 Å². The van der Waals surface area contributed by atoms with Gasteiger partial charge in [0, 0.05) is 12.4 Å². The molecule has 2 heterocycles. The highest BCUT2D eigenvalue weighted by molar-refractivity contribution is 6.67. The van der Waals surface area contributed by atoms with Crippen LogP contribution in [0.2, 0.25) is 0 Å². The molecular formula is C20H27BNO7-. The van der Waals surface area contributed by atoms with Gasteiger partial charge in [-0.25, -0.2) is 4.79 Å². The first kappa shape index (κ1) is 21.2. The second kappa shape index (κ2) is 8.86. The topological polar surface area (TPSA) is 92.7 Å². The van der Waals surface area contributed by atoms with E-state index in [9.17, 15) is 9.59 Å². The highest BCUT2D eigenvalue weighted by Crippen LogP contribution is 2.39. The lowest BCUT2D eigenvalue weighted by atomic mass is 9.64. The van der Waals surface area contributed by atoms with Gasteiger partial charge in [0.2, 0.25) is 6.79 Å². The fourth-order valence-corrected chi connectivity index (χ4v) is 3.69. The predicted octanol–water partition coefficient (Wildman–Crippen LogP) is 3.05. The van der Waals surface area contributed by atoms with Crippen molar-refractivity contribution in [2.75, 3.05) is 13.9 Å². The van der Waals surface area contributed by atoms with Crippen LogP contribution >= 0.6 is 0 Å². The molecule has 9 heteroatoms. The smallest absolute Gasteiger partial charge is 0.516 e. The summed E-state index contributed by atoms with van der Waals surface area (Å²) in [7, 11) is 1.50. The third-order valence-corrected chi connectivity index (χ3v) is 5.45. The van der Waals surface area contributed by atoms with Crippen molar-refractivity contribution in [3.05, 3.63) is 29.3 Å². The summed E-state index contributed by atoms with van der Waals surface area (Å²) in [4.78, 5) is 29.1. The standard InChI is InChI=1S/C20H27BNO7/c1-5-13(6-2)19(23)26-12-27-20(24)15-10-8-9-14-11-16-21(25-4,29-18(14)15)28-17(7-3)22-16/h8-10,13,16H,5-7,11-12H2,1-4H3/q-1/t16-,21?/m0/s1. The van der Waals surface area contributed by atoms with Crippen LogP contribution in [0.15, 0.2) is 23.2 Å². The van der Waals surface area contributed by atoms with Crippen molar-refractivity contribution in [1.29, 1.82) is 0 Å². The predicted molar refractivity (Wildman–Crippen MR) is 107 cm³/mol. The molecule has 29 heavy (non-hydrogen) atoms. The number of esters is 2. The molecule has 0 N–H and O–H groups in total. The molecule has 1 aromatic rings. The molecule has 8 nitrogen and oxygen atoms in total. The first-order chi connectivity index (χ1) is 14.0. The monoisotopic (exact) mass is 404 g/mol. The van der Waals surface area contributed by atoms with Crippen molar-refractivity contribution in [2.24, 2.45) is 10.9 Å². The molecule has 0 amide bonds. The zero-order chi connectivity index (χ0) is 21.0. The van der Waals surface area contributed by atoms with E-state index in [-0.39, 0.29) is 23.4 Å². The van der Waals surface area contributed by atoms with Gasteiger partial charge in [-0.1, -0.05) is 32.9 Å². The maximum Gasteiger partial charge on any atom is 0.516 e. The van der Waals surface area contributed by atoms with Gasteiger partial charge in [0.15, 0.2) is 0 Å². The molecule has 158 valence electrons. The van der Waals surface area contributed by atoms with Gasteiger partial charge in [0.1, 0.15) is 5.90 Å². The van der Waals surface area contributed by atoms with Gasteiger partial charge < -0.3 is 23.4 Å². The number of fused-ring (bicyclic) bond motifs is 2. The Hall–Kier alpha value is -2.55. The zero-order valence-corrected chi connectivity index (χ0v) is 17.3. The maximum atomic E-state index is 12.6. The van der Waals surface area contributed by atoms with Crippen molar-refractivity contribution in [3.63, 3.8) is 0 Å². The fourth-order valence-electron chi connectivity index (χ4n) is 3.69. The number of ether oxygens (including phenoxy) is 2. The molecule has 0 bridgehead atoms. The normalized spacial score (nSPS) is 22.1. The molecule has 0 fully saturated rings. The molecule has 0 radical (unpaired) electrons. The molecule has 0 aromatic heterocycles. The second-order valence-corrected chi connectivity index (χ2v) is 7.14. The highest BCUT2D eigenvalue weighted by Gasteiger charge is 2.50. The number of nitrogens with zero attached hydrogens (tertiary/aromatic N) is 1. The third-order valence-electron chi connectivity index (χ3n) is 5.45. The number of para-hydroxylation sites is 1. The largest absolute Gasteiger partial charge is 0.658 e. The lowest BCUT2D eigenvalue weighted by molar-refractivity contribution is -0.157. The highest BCUT2D eigenvalue weighted by atomic mass is 16.8. The van der Waals surface area contributed by atoms with Crippen LogP contribution in [0.25, 0.3) is 0 Å². The summed E-state index contributed by atoms with van der Waals surface area (Å²) < 4.78 is 27.7. The minimum Gasteiger partial charge on any atom is -0.658 e. The molecule has 1 unspecified atom stereocenters. The lowest BCUT2D eigenvalue weighted by Gasteiger charge is -2.44. The average Bonchev–Trinajstić information content (AvgIpc) is 3.10. The average molecular weight is 404 g/mol. The van der Waals surface area contributed by atoms with E-state index in [2.05, 4.69) is 4.99 Å². The van der Waals surface area contributed by atoms with Crippen LogP contribution in [-0.4, -0.2) is 44.4 Å². The van der Waals surface area contributed by atoms with Gasteiger partial charge in [-0.2, -0.15) is 0 Å². The van der Waals surface area contributed by atoms with Crippen molar-refractivity contribution in [2.45, 2.75) is 52.4 Å². The maximum absolute atomic E-state index is 12.6. The summed E-state index contributed by atoms with van der Waals surface area (Å²) in [5.74, 6) is -0.585. The summed E-state index contributed by atoms with van der Waals surface area (Å²) in [6, 6.07) is 5.22. The van der Waals surface area contributed by atoms with E-state index >= 15 is 0 Å². The van der Waals surface area contributed by atoms with E-state index < -0.39 is 19.5 Å². The number of hydrogen-bond acceptors (Lipinski definition) is 8. The van der Waals surface area contributed by atoms with Crippen LogP contribution in [0.4, 0.5) is 0 Å². The van der Waals surface area contributed by atoms with Crippen LogP contribution in [0.1, 0.15) is 56.0 Å². The Morgan fingerprint density at radius 2 is 1.97 bits per heavy atom. The Balaban J connectivity index is 1.72. The van der Waals surface area contributed by atoms with Crippen LogP contribution in [0.5, 0.6) is 5.75 Å². The van der Waals surface area contributed by atoms with E-state index in [0.29, 0.717) is 37.3 Å². The summed E-state index contributed by atoms with van der Waals surface area (Å²) in [5, 5.41) is 0. The van der Waals surface area contributed by atoms with E-state index in [0.717, 1.165) is 5.56 Å². The molecule has 0 saturated heterocycles. The lowest BCUT2D eigenvalue weighted by Crippen LogP contribution is -2.58. The molecule has 0 aliphatic carbocycles. The molecule has 1 aromatic carbocycles. The van der Waals surface area contributed by atoms with E-state index in [1.807, 2.05) is 26.8 Å². The van der Waals surface area contributed by atoms with Crippen molar-refractivity contribution in [1.82, 2.24) is 0 Å². The van der Waals surface area contributed by atoms with Gasteiger partial charge >= 0.3 is 18.7 Å². The van der Waals surface area contributed by atoms with Gasteiger partial charge in [0.05, 0.1) is 17.2 Å².